The van der Waals surface area contributed by atoms with Gasteiger partial charge in [-0.2, -0.15) is 0 Å². The number of anilines is 1. The lowest BCUT2D eigenvalue weighted by molar-refractivity contribution is -0.128. The number of aryl methyl sites for hydroxylation is 1. The summed E-state index contributed by atoms with van der Waals surface area (Å²) in [5.74, 6) is 0.594. The van der Waals surface area contributed by atoms with Crippen LogP contribution in [0.2, 0.25) is 0 Å². The first kappa shape index (κ1) is 26.5. The molecule has 0 aromatic heterocycles. The molecule has 0 unspecified atom stereocenters. The zero-order chi connectivity index (χ0) is 27.0. The topological polar surface area (TPSA) is 84.9 Å². The maximum atomic E-state index is 13.8. The molecule has 37 heavy (non-hydrogen) atoms. The number of hydrogen-bond donors (Lipinski definition) is 1. The van der Waals surface area contributed by atoms with Gasteiger partial charge in [-0.25, -0.2) is 8.42 Å². The van der Waals surface area contributed by atoms with E-state index in [1.165, 1.54) is 4.31 Å². The van der Waals surface area contributed by atoms with Gasteiger partial charge in [0.15, 0.2) is 6.10 Å². The standard InChI is InChI=1S/C29H34N2O5S/c1-19-11-14-22(15-12-19)37(33,34)31-18-27(36-26-16-13-21(17-24(26)31)29(3,4)5)28(32)30-20(2)23-9-7-8-10-25(23)35-6/h7-17,20,27H,18H2,1-6H3,(H,30,32)/t20-,27-/m1/s1. The Balaban J connectivity index is 1.70. The van der Waals surface area contributed by atoms with Gasteiger partial charge in [-0.3, -0.25) is 9.10 Å². The van der Waals surface area contributed by atoms with Gasteiger partial charge in [-0.1, -0.05) is 62.7 Å². The molecular formula is C29H34N2O5S. The third-order valence-corrected chi connectivity index (χ3v) is 8.35. The Labute approximate surface area is 219 Å². The predicted molar refractivity (Wildman–Crippen MR) is 145 cm³/mol. The number of methoxy groups -OCH3 is 1. The molecule has 0 saturated heterocycles. The molecule has 4 rings (SSSR count). The highest BCUT2D eigenvalue weighted by molar-refractivity contribution is 7.92. The Hall–Kier alpha value is -3.52. The summed E-state index contributed by atoms with van der Waals surface area (Å²) in [7, 11) is -2.38. The Bertz CT molecular complexity index is 1390. The molecule has 0 aliphatic carbocycles. The zero-order valence-electron chi connectivity index (χ0n) is 22.1. The fourth-order valence-corrected chi connectivity index (χ4v) is 5.80. The number of carbonyl (C=O) groups excluding carboxylic acids is 1. The molecule has 1 aliphatic heterocycles. The van der Waals surface area contributed by atoms with Crippen molar-refractivity contribution < 1.29 is 22.7 Å². The first-order valence-electron chi connectivity index (χ1n) is 12.3. The van der Waals surface area contributed by atoms with E-state index < -0.39 is 22.0 Å². The minimum atomic E-state index is -3.96. The normalized spacial score (nSPS) is 16.4. The highest BCUT2D eigenvalue weighted by Gasteiger charge is 2.38. The number of ether oxygens (including phenoxy) is 2. The Kier molecular flexibility index (Phi) is 7.24. The molecule has 8 heteroatoms. The molecular weight excluding hydrogens is 488 g/mol. The van der Waals surface area contributed by atoms with Crippen molar-refractivity contribution in [1.82, 2.24) is 5.32 Å². The van der Waals surface area contributed by atoms with Crippen molar-refractivity contribution in [3.05, 3.63) is 83.4 Å². The SMILES string of the molecule is COc1ccccc1[C@@H](C)NC(=O)[C@H]1CN(S(=O)(=O)c2ccc(C)cc2)c2cc(C(C)(C)C)ccc2O1. The second kappa shape index (κ2) is 10.1. The van der Waals surface area contributed by atoms with Crippen LogP contribution in [0.1, 0.15) is 50.4 Å². The van der Waals surface area contributed by atoms with Crippen LogP contribution in [0.4, 0.5) is 5.69 Å². The molecule has 2 atom stereocenters. The van der Waals surface area contributed by atoms with Gasteiger partial charge in [0.2, 0.25) is 0 Å². The van der Waals surface area contributed by atoms with Crippen LogP contribution in [0.15, 0.2) is 71.6 Å². The second-order valence-electron chi connectivity index (χ2n) is 10.4. The van der Waals surface area contributed by atoms with Crippen LogP contribution in [0, 0.1) is 6.92 Å². The van der Waals surface area contributed by atoms with E-state index in [0.29, 0.717) is 17.2 Å². The predicted octanol–water partition coefficient (Wildman–Crippen LogP) is 5.13. The third kappa shape index (κ3) is 5.44. The molecule has 1 N–H and O–H groups in total. The Morgan fingerprint density at radius 1 is 1.08 bits per heavy atom. The van der Waals surface area contributed by atoms with Crippen molar-refractivity contribution in [2.45, 2.75) is 57.1 Å². The molecule has 1 amide bonds. The summed E-state index contributed by atoms with van der Waals surface area (Å²) >= 11 is 0. The smallest absolute Gasteiger partial charge is 0.264 e. The van der Waals surface area contributed by atoms with Gasteiger partial charge >= 0.3 is 0 Å². The van der Waals surface area contributed by atoms with Crippen LogP contribution < -0.4 is 19.1 Å². The van der Waals surface area contributed by atoms with Crippen molar-refractivity contribution in [2.24, 2.45) is 0 Å². The van der Waals surface area contributed by atoms with Crippen molar-refractivity contribution >= 4 is 21.6 Å². The molecule has 0 saturated carbocycles. The molecule has 0 bridgehead atoms. The molecule has 1 heterocycles. The number of para-hydroxylation sites is 1. The van der Waals surface area contributed by atoms with Crippen LogP contribution in [0.5, 0.6) is 11.5 Å². The van der Waals surface area contributed by atoms with E-state index in [1.54, 1.807) is 37.4 Å². The molecule has 196 valence electrons. The lowest BCUT2D eigenvalue weighted by Gasteiger charge is -2.36. The first-order chi connectivity index (χ1) is 17.4. The molecule has 1 aliphatic rings. The van der Waals surface area contributed by atoms with Gasteiger partial charge in [0, 0.05) is 5.56 Å². The fraction of sp³-hybridized carbons (Fsp3) is 0.345. The van der Waals surface area contributed by atoms with E-state index >= 15 is 0 Å². The summed E-state index contributed by atoms with van der Waals surface area (Å²) in [6, 6.07) is 19.3. The molecule has 0 fully saturated rings. The number of amides is 1. The number of nitrogens with zero attached hydrogens (tertiary/aromatic N) is 1. The monoisotopic (exact) mass is 522 g/mol. The number of rotatable bonds is 6. The summed E-state index contributed by atoms with van der Waals surface area (Å²) in [5, 5.41) is 2.96. The minimum Gasteiger partial charge on any atom is -0.496 e. The van der Waals surface area contributed by atoms with Gasteiger partial charge in [0.25, 0.3) is 15.9 Å². The number of fused-ring (bicyclic) bond motifs is 1. The first-order valence-corrected chi connectivity index (χ1v) is 13.7. The van der Waals surface area contributed by atoms with E-state index in [4.69, 9.17) is 9.47 Å². The van der Waals surface area contributed by atoms with Crippen LogP contribution in [0.3, 0.4) is 0 Å². The highest BCUT2D eigenvalue weighted by Crippen LogP contribution is 2.40. The van der Waals surface area contributed by atoms with Gasteiger partial charge < -0.3 is 14.8 Å². The average Bonchev–Trinajstić information content (AvgIpc) is 2.87. The van der Waals surface area contributed by atoms with Gasteiger partial charge in [-0.15, -0.1) is 0 Å². The van der Waals surface area contributed by atoms with Gasteiger partial charge in [0.1, 0.15) is 11.5 Å². The summed E-state index contributed by atoms with van der Waals surface area (Å²) in [5.41, 5.74) is 2.96. The largest absolute Gasteiger partial charge is 0.496 e. The number of nitrogens with one attached hydrogen (secondary N) is 1. The lowest BCUT2D eigenvalue weighted by Crippen LogP contribution is -2.51. The van der Waals surface area contributed by atoms with Crippen LogP contribution in [0.25, 0.3) is 0 Å². The van der Waals surface area contributed by atoms with Crippen molar-refractivity contribution in [2.75, 3.05) is 18.0 Å². The van der Waals surface area contributed by atoms with E-state index in [2.05, 4.69) is 26.1 Å². The van der Waals surface area contributed by atoms with Crippen molar-refractivity contribution in [3.8, 4) is 11.5 Å². The van der Waals surface area contributed by atoms with E-state index in [-0.39, 0.29) is 22.9 Å². The van der Waals surface area contributed by atoms with Crippen LogP contribution in [-0.4, -0.2) is 34.1 Å². The number of hydrogen-bond acceptors (Lipinski definition) is 5. The van der Waals surface area contributed by atoms with Crippen molar-refractivity contribution in [1.29, 1.82) is 0 Å². The average molecular weight is 523 g/mol. The zero-order valence-corrected chi connectivity index (χ0v) is 22.9. The number of carbonyl (C=O) groups is 1. The summed E-state index contributed by atoms with van der Waals surface area (Å²) in [6.07, 6.45) is -1.04. The van der Waals surface area contributed by atoms with E-state index in [9.17, 15) is 13.2 Å². The Morgan fingerprint density at radius 3 is 2.41 bits per heavy atom. The van der Waals surface area contributed by atoms with E-state index in [0.717, 1.165) is 16.7 Å². The summed E-state index contributed by atoms with van der Waals surface area (Å²) < 4.78 is 40.5. The maximum absolute atomic E-state index is 13.8. The quantitative estimate of drug-likeness (QED) is 0.485. The second-order valence-corrected chi connectivity index (χ2v) is 12.2. The van der Waals surface area contributed by atoms with Crippen molar-refractivity contribution in [3.63, 3.8) is 0 Å². The number of benzene rings is 3. The highest BCUT2D eigenvalue weighted by atomic mass is 32.2. The van der Waals surface area contributed by atoms with Gasteiger partial charge in [-0.05, 0) is 55.2 Å². The Morgan fingerprint density at radius 2 is 1.76 bits per heavy atom. The van der Waals surface area contributed by atoms with Crippen LogP contribution in [-0.2, 0) is 20.2 Å². The summed E-state index contributed by atoms with van der Waals surface area (Å²) in [4.78, 5) is 13.5. The molecule has 0 spiro atoms. The lowest BCUT2D eigenvalue weighted by atomic mass is 9.86. The molecule has 0 radical (unpaired) electrons. The van der Waals surface area contributed by atoms with Gasteiger partial charge in [0.05, 0.1) is 30.3 Å². The van der Waals surface area contributed by atoms with E-state index in [1.807, 2.05) is 50.2 Å². The number of sulfonamides is 1. The molecule has 7 nitrogen and oxygen atoms in total. The van der Waals surface area contributed by atoms with Crippen LogP contribution >= 0.6 is 0 Å². The third-order valence-electron chi connectivity index (χ3n) is 6.56. The molecule has 3 aromatic carbocycles. The summed E-state index contributed by atoms with van der Waals surface area (Å²) in [6.45, 7) is 9.79. The maximum Gasteiger partial charge on any atom is 0.264 e. The minimum absolute atomic E-state index is 0.152. The fourth-order valence-electron chi connectivity index (χ4n) is 4.33. The molecule has 3 aromatic rings.